The Morgan fingerprint density at radius 1 is 1.08 bits per heavy atom. The summed E-state index contributed by atoms with van der Waals surface area (Å²) in [6, 6.07) is 14.9. The fourth-order valence-corrected chi connectivity index (χ4v) is 2.68. The second kappa shape index (κ2) is 7.76. The van der Waals surface area contributed by atoms with Gasteiger partial charge in [0.05, 0.1) is 7.11 Å². The molecule has 1 aromatic heterocycles. The molecular weight excluding hydrogens is 338 g/mol. The van der Waals surface area contributed by atoms with Crippen molar-refractivity contribution in [2.24, 2.45) is 0 Å². The Morgan fingerprint density at radius 2 is 1.76 bits per heavy atom. The van der Waals surface area contributed by atoms with Gasteiger partial charge in [0.25, 0.3) is 5.91 Å². The zero-order valence-corrected chi connectivity index (χ0v) is 14.7. The summed E-state index contributed by atoms with van der Waals surface area (Å²) in [5, 5.41) is 3.14. The van der Waals surface area contributed by atoms with E-state index in [1.165, 1.54) is 5.56 Å². The number of carbonyl (C=O) groups is 1. The summed E-state index contributed by atoms with van der Waals surface area (Å²) in [4.78, 5) is 16.3. The molecule has 0 unspecified atom stereocenters. The van der Waals surface area contributed by atoms with Gasteiger partial charge in [-0.05, 0) is 31.2 Å². The van der Waals surface area contributed by atoms with Crippen molar-refractivity contribution >= 4 is 22.6 Å². The lowest BCUT2D eigenvalue weighted by atomic mass is 10.1. The van der Waals surface area contributed by atoms with Crippen molar-refractivity contribution in [2.45, 2.75) is 6.92 Å². The monoisotopic (exact) mass is 355 g/mol. The lowest BCUT2D eigenvalue weighted by Crippen LogP contribution is -2.20. The van der Waals surface area contributed by atoms with Gasteiger partial charge in [-0.15, -0.1) is 0 Å². The molecule has 0 spiro atoms. The first-order valence-corrected chi connectivity index (χ1v) is 8.39. The predicted octanol–water partition coefficient (Wildman–Crippen LogP) is 3.54. The quantitative estimate of drug-likeness (QED) is 0.732. The smallest absolute Gasteiger partial charge is 0.264 e. The minimum Gasteiger partial charge on any atom is -0.497 e. The van der Waals surface area contributed by atoms with Crippen LogP contribution in [0.3, 0.4) is 0 Å². The summed E-state index contributed by atoms with van der Waals surface area (Å²) >= 11 is 1.14. The van der Waals surface area contributed by atoms with Crippen LogP contribution in [0.1, 0.15) is 5.56 Å². The topological polar surface area (TPSA) is 73.3 Å². The standard InChI is InChI=1S/C18H17N3O3S/c1-12-3-5-13(6-4-12)17-20-18(25-21-17)19-16(22)11-24-15-9-7-14(23-2)8-10-15/h3-10H,11H2,1-2H3,(H,19,20,21,22). The van der Waals surface area contributed by atoms with Crippen molar-refractivity contribution in [2.75, 3.05) is 19.0 Å². The van der Waals surface area contributed by atoms with Crippen LogP contribution in [0.25, 0.3) is 11.4 Å². The molecule has 3 rings (SSSR count). The van der Waals surface area contributed by atoms with Crippen LogP contribution in [-0.2, 0) is 4.79 Å². The maximum atomic E-state index is 12.0. The lowest BCUT2D eigenvalue weighted by molar-refractivity contribution is -0.118. The molecular formula is C18H17N3O3S. The maximum absolute atomic E-state index is 12.0. The third-order valence-corrected chi connectivity index (χ3v) is 4.04. The summed E-state index contributed by atoms with van der Waals surface area (Å²) < 4.78 is 14.8. The molecule has 0 atom stereocenters. The molecule has 7 heteroatoms. The highest BCUT2D eigenvalue weighted by molar-refractivity contribution is 7.10. The minimum absolute atomic E-state index is 0.105. The Kier molecular flexibility index (Phi) is 5.25. The first-order valence-electron chi connectivity index (χ1n) is 7.61. The molecule has 25 heavy (non-hydrogen) atoms. The van der Waals surface area contributed by atoms with Gasteiger partial charge in [0.1, 0.15) is 11.5 Å². The number of nitrogens with one attached hydrogen (secondary N) is 1. The molecule has 6 nitrogen and oxygen atoms in total. The number of nitrogens with zero attached hydrogens (tertiary/aromatic N) is 2. The average Bonchev–Trinajstić information content (AvgIpc) is 3.09. The molecule has 0 bridgehead atoms. The van der Waals surface area contributed by atoms with E-state index in [-0.39, 0.29) is 12.5 Å². The molecule has 0 aliphatic heterocycles. The SMILES string of the molecule is COc1ccc(OCC(=O)Nc2nc(-c3ccc(C)cc3)ns2)cc1. The number of rotatable bonds is 6. The highest BCUT2D eigenvalue weighted by Gasteiger charge is 2.10. The zero-order chi connectivity index (χ0) is 17.6. The van der Waals surface area contributed by atoms with Crippen LogP contribution in [0.15, 0.2) is 48.5 Å². The van der Waals surface area contributed by atoms with Gasteiger partial charge in [-0.25, -0.2) is 0 Å². The Hall–Kier alpha value is -2.93. The van der Waals surface area contributed by atoms with Crippen molar-refractivity contribution in [1.29, 1.82) is 0 Å². The van der Waals surface area contributed by atoms with Gasteiger partial charge >= 0.3 is 0 Å². The van der Waals surface area contributed by atoms with E-state index in [9.17, 15) is 4.79 Å². The molecule has 0 fully saturated rings. The Labute approximate surface area is 149 Å². The highest BCUT2D eigenvalue weighted by Crippen LogP contribution is 2.21. The number of ether oxygens (including phenoxy) is 2. The van der Waals surface area contributed by atoms with E-state index in [2.05, 4.69) is 14.7 Å². The van der Waals surface area contributed by atoms with Crippen molar-refractivity contribution in [1.82, 2.24) is 9.36 Å². The van der Waals surface area contributed by atoms with Crippen LogP contribution in [0.2, 0.25) is 0 Å². The van der Waals surface area contributed by atoms with E-state index in [4.69, 9.17) is 9.47 Å². The van der Waals surface area contributed by atoms with Crippen LogP contribution in [-0.4, -0.2) is 29.0 Å². The number of hydrogen-bond acceptors (Lipinski definition) is 6. The van der Waals surface area contributed by atoms with Gasteiger partial charge in [0.15, 0.2) is 12.4 Å². The number of benzene rings is 2. The molecule has 0 aliphatic carbocycles. The highest BCUT2D eigenvalue weighted by atomic mass is 32.1. The summed E-state index contributed by atoms with van der Waals surface area (Å²) in [6.45, 7) is 1.92. The van der Waals surface area contributed by atoms with Gasteiger partial charge in [-0.3, -0.25) is 10.1 Å². The number of hydrogen-bond donors (Lipinski definition) is 1. The predicted molar refractivity (Wildman–Crippen MR) is 97.2 cm³/mol. The number of carbonyl (C=O) groups excluding carboxylic acids is 1. The number of aryl methyl sites for hydroxylation is 1. The molecule has 0 aliphatic rings. The Balaban J connectivity index is 1.55. The van der Waals surface area contributed by atoms with Gasteiger partial charge < -0.3 is 9.47 Å². The molecule has 0 radical (unpaired) electrons. The number of aromatic nitrogens is 2. The number of methoxy groups -OCH3 is 1. The van der Waals surface area contributed by atoms with Gasteiger partial charge in [-0.1, -0.05) is 29.8 Å². The first-order chi connectivity index (χ1) is 12.1. The summed E-state index contributed by atoms with van der Waals surface area (Å²) in [5.41, 5.74) is 2.08. The van der Waals surface area contributed by atoms with Crippen molar-refractivity contribution in [3.8, 4) is 22.9 Å². The molecule has 1 amide bonds. The van der Waals surface area contributed by atoms with E-state index in [0.29, 0.717) is 16.7 Å². The van der Waals surface area contributed by atoms with Crippen LogP contribution < -0.4 is 14.8 Å². The molecule has 1 heterocycles. The van der Waals surface area contributed by atoms with Crippen LogP contribution >= 0.6 is 11.5 Å². The summed E-state index contributed by atoms with van der Waals surface area (Å²) in [6.07, 6.45) is 0. The molecule has 2 aromatic carbocycles. The fourth-order valence-electron chi connectivity index (χ4n) is 2.07. The Bertz CT molecular complexity index is 845. The van der Waals surface area contributed by atoms with Crippen molar-refractivity contribution < 1.29 is 14.3 Å². The van der Waals surface area contributed by atoms with E-state index >= 15 is 0 Å². The van der Waals surface area contributed by atoms with Gasteiger partial charge in [-0.2, -0.15) is 9.36 Å². The molecule has 0 saturated carbocycles. The molecule has 3 aromatic rings. The third-order valence-electron chi connectivity index (χ3n) is 3.41. The van der Waals surface area contributed by atoms with E-state index in [1.807, 2.05) is 31.2 Å². The van der Waals surface area contributed by atoms with E-state index < -0.39 is 0 Å². The molecule has 0 saturated heterocycles. The third kappa shape index (κ3) is 4.54. The Morgan fingerprint density at radius 3 is 2.44 bits per heavy atom. The number of amides is 1. The van der Waals surface area contributed by atoms with Crippen LogP contribution in [0, 0.1) is 6.92 Å². The van der Waals surface area contributed by atoms with Crippen LogP contribution in [0.4, 0.5) is 5.13 Å². The zero-order valence-electron chi connectivity index (χ0n) is 13.9. The van der Waals surface area contributed by atoms with E-state index in [1.54, 1.807) is 31.4 Å². The summed E-state index contributed by atoms with van der Waals surface area (Å²) in [5.74, 6) is 1.63. The lowest BCUT2D eigenvalue weighted by Gasteiger charge is -2.06. The van der Waals surface area contributed by atoms with Crippen LogP contribution in [0.5, 0.6) is 11.5 Å². The largest absolute Gasteiger partial charge is 0.497 e. The minimum atomic E-state index is -0.289. The normalized spacial score (nSPS) is 10.3. The second-order valence-electron chi connectivity index (χ2n) is 5.30. The number of anilines is 1. The first kappa shape index (κ1) is 16.9. The van der Waals surface area contributed by atoms with E-state index in [0.717, 1.165) is 22.8 Å². The summed E-state index contributed by atoms with van der Waals surface area (Å²) in [7, 11) is 1.59. The average molecular weight is 355 g/mol. The van der Waals surface area contributed by atoms with Crippen molar-refractivity contribution in [3.63, 3.8) is 0 Å². The molecule has 128 valence electrons. The fraction of sp³-hybridized carbons (Fsp3) is 0.167. The second-order valence-corrected chi connectivity index (χ2v) is 6.05. The molecule has 1 N–H and O–H groups in total. The van der Waals surface area contributed by atoms with Gasteiger partial charge in [0, 0.05) is 17.1 Å². The van der Waals surface area contributed by atoms with Crippen molar-refractivity contribution in [3.05, 3.63) is 54.1 Å². The maximum Gasteiger partial charge on any atom is 0.264 e. The van der Waals surface area contributed by atoms with Gasteiger partial charge in [0.2, 0.25) is 5.13 Å².